The number of nitrogen functional groups attached to an aromatic ring is 1. The third-order valence-corrected chi connectivity index (χ3v) is 3.44. The Morgan fingerprint density at radius 2 is 2.18 bits per heavy atom. The number of aryl methyl sites for hydroxylation is 1. The van der Waals surface area contributed by atoms with Crippen LogP contribution < -0.4 is 21.3 Å². The minimum atomic E-state index is -3.21. The first-order chi connectivity index (χ1) is 7.98. The van der Waals surface area contributed by atoms with Crippen molar-refractivity contribution in [2.24, 2.45) is 5.84 Å². The summed E-state index contributed by atoms with van der Waals surface area (Å²) in [6.45, 7) is 2.07. The molecule has 0 amide bonds. The van der Waals surface area contributed by atoms with E-state index in [0.717, 1.165) is 5.56 Å². The zero-order valence-corrected chi connectivity index (χ0v) is 10.5. The molecule has 0 radical (unpaired) electrons. The highest BCUT2D eigenvalue weighted by Gasteiger charge is 2.07. The molecule has 1 aromatic rings. The molecule has 0 atom stereocenters. The van der Waals surface area contributed by atoms with Crippen LogP contribution in [0.4, 0.5) is 11.8 Å². The second-order valence-electron chi connectivity index (χ2n) is 3.32. The van der Waals surface area contributed by atoms with Gasteiger partial charge in [0.05, 0.1) is 5.75 Å². The monoisotopic (exact) mass is 260 g/mol. The number of hydrogen-bond acceptors (Lipinski definition) is 7. The molecule has 0 aliphatic rings. The highest BCUT2D eigenvalue weighted by Crippen LogP contribution is 2.11. The first-order valence-electron chi connectivity index (χ1n) is 4.94. The smallest absolute Gasteiger partial charge is 0.239 e. The molecule has 0 aliphatic carbocycles. The molecule has 0 unspecified atom stereocenters. The Bertz CT molecular complexity index is 475. The molecule has 96 valence electrons. The first kappa shape index (κ1) is 13.6. The van der Waals surface area contributed by atoms with Crippen LogP contribution in [0.15, 0.2) is 6.20 Å². The summed E-state index contributed by atoms with van der Waals surface area (Å²) in [5.41, 5.74) is 3.13. The highest BCUT2D eigenvalue weighted by molar-refractivity contribution is 7.89. The average molecular weight is 260 g/mol. The number of nitrogens with one attached hydrogen (secondary N) is 3. The van der Waals surface area contributed by atoms with Crippen molar-refractivity contribution in [3.8, 4) is 0 Å². The van der Waals surface area contributed by atoms with Crippen molar-refractivity contribution in [3.63, 3.8) is 0 Å². The van der Waals surface area contributed by atoms with Crippen molar-refractivity contribution in [3.05, 3.63) is 11.8 Å². The summed E-state index contributed by atoms with van der Waals surface area (Å²) in [7, 11) is -1.84. The maximum Gasteiger partial charge on any atom is 0.239 e. The normalized spacial score (nSPS) is 11.2. The van der Waals surface area contributed by atoms with Crippen LogP contribution in [-0.4, -0.2) is 37.7 Å². The number of anilines is 2. The van der Waals surface area contributed by atoms with Crippen LogP contribution in [0.1, 0.15) is 5.56 Å². The molecule has 17 heavy (non-hydrogen) atoms. The Hall–Kier alpha value is -1.45. The molecule has 0 aliphatic heterocycles. The van der Waals surface area contributed by atoms with Crippen LogP contribution in [0.2, 0.25) is 0 Å². The molecule has 0 aromatic carbocycles. The van der Waals surface area contributed by atoms with E-state index in [4.69, 9.17) is 5.84 Å². The van der Waals surface area contributed by atoms with Gasteiger partial charge in [0, 0.05) is 18.3 Å². The van der Waals surface area contributed by atoms with Crippen molar-refractivity contribution >= 4 is 21.8 Å². The molecule has 1 heterocycles. The van der Waals surface area contributed by atoms with Crippen LogP contribution in [0.25, 0.3) is 0 Å². The largest absolute Gasteiger partial charge is 0.369 e. The van der Waals surface area contributed by atoms with Gasteiger partial charge < -0.3 is 5.32 Å². The molecule has 0 saturated carbocycles. The molecule has 1 rings (SSSR count). The van der Waals surface area contributed by atoms with Gasteiger partial charge in [0.15, 0.2) is 0 Å². The molecule has 9 heteroatoms. The lowest BCUT2D eigenvalue weighted by atomic mass is 10.3. The molecular formula is C8H16N6O2S. The topological polar surface area (TPSA) is 122 Å². The number of nitrogens with zero attached hydrogens (tertiary/aromatic N) is 2. The number of nitrogens with two attached hydrogens (primary N) is 1. The Morgan fingerprint density at radius 3 is 2.76 bits per heavy atom. The lowest BCUT2D eigenvalue weighted by Gasteiger charge is -2.09. The summed E-state index contributed by atoms with van der Waals surface area (Å²) in [5.74, 6) is 5.98. The summed E-state index contributed by atoms with van der Waals surface area (Å²) >= 11 is 0. The fraction of sp³-hybridized carbons (Fsp3) is 0.500. The van der Waals surface area contributed by atoms with Gasteiger partial charge in [-0.2, -0.15) is 4.98 Å². The van der Waals surface area contributed by atoms with Gasteiger partial charge >= 0.3 is 0 Å². The Kier molecular flexibility index (Phi) is 4.61. The van der Waals surface area contributed by atoms with Gasteiger partial charge in [-0.05, 0) is 14.0 Å². The zero-order valence-electron chi connectivity index (χ0n) is 9.69. The average Bonchev–Trinajstić information content (AvgIpc) is 2.31. The van der Waals surface area contributed by atoms with E-state index in [0.29, 0.717) is 5.82 Å². The molecule has 5 N–H and O–H groups in total. The van der Waals surface area contributed by atoms with E-state index in [2.05, 4.69) is 25.4 Å². The van der Waals surface area contributed by atoms with E-state index in [-0.39, 0.29) is 18.2 Å². The second-order valence-corrected chi connectivity index (χ2v) is 5.37. The van der Waals surface area contributed by atoms with Crippen molar-refractivity contribution in [1.82, 2.24) is 14.7 Å². The van der Waals surface area contributed by atoms with E-state index in [1.165, 1.54) is 7.05 Å². The fourth-order valence-corrected chi connectivity index (χ4v) is 1.67. The fourth-order valence-electron chi connectivity index (χ4n) is 1.10. The van der Waals surface area contributed by atoms with Crippen molar-refractivity contribution < 1.29 is 8.42 Å². The van der Waals surface area contributed by atoms with Gasteiger partial charge in [0.25, 0.3) is 0 Å². The van der Waals surface area contributed by atoms with E-state index < -0.39 is 10.0 Å². The van der Waals surface area contributed by atoms with E-state index >= 15 is 0 Å². The summed E-state index contributed by atoms with van der Waals surface area (Å²) < 4.78 is 24.6. The molecule has 0 fully saturated rings. The van der Waals surface area contributed by atoms with Gasteiger partial charge in [-0.1, -0.05) is 0 Å². The van der Waals surface area contributed by atoms with E-state index in [1.54, 1.807) is 6.20 Å². The molecule has 0 saturated heterocycles. The predicted molar refractivity (Wildman–Crippen MR) is 65.9 cm³/mol. The van der Waals surface area contributed by atoms with Crippen LogP contribution in [0, 0.1) is 6.92 Å². The molecular weight excluding hydrogens is 244 g/mol. The van der Waals surface area contributed by atoms with Gasteiger partial charge in [-0.3, -0.25) is 5.43 Å². The van der Waals surface area contributed by atoms with Gasteiger partial charge in [-0.15, -0.1) is 0 Å². The number of sulfonamides is 1. The van der Waals surface area contributed by atoms with Crippen LogP contribution in [0.5, 0.6) is 0 Å². The minimum absolute atomic E-state index is 0.0294. The SMILES string of the molecule is CNS(=O)(=O)CCNc1nc(NN)ncc1C. The quantitative estimate of drug-likeness (QED) is 0.383. The van der Waals surface area contributed by atoms with Crippen molar-refractivity contribution in [2.45, 2.75) is 6.92 Å². The molecule has 0 spiro atoms. The molecule has 8 nitrogen and oxygen atoms in total. The van der Waals surface area contributed by atoms with Crippen molar-refractivity contribution in [2.75, 3.05) is 30.1 Å². The summed E-state index contributed by atoms with van der Waals surface area (Å²) in [4.78, 5) is 7.98. The standard InChI is InChI=1S/C8H16N6O2S/c1-6-5-12-8(14-9)13-7(6)11-3-4-17(15,16)10-2/h5,10H,3-4,9H2,1-2H3,(H2,11,12,13,14). The number of aromatic nitrogens is 2. The number of hydrazine groups is 1. The van der Waals surface area contributed by atoms with E-state index in [9.17, 15) is 8.42 Å². The second kappa shape index (κ2) is 5.75. The third kappa shape index (κ3) is 4.13. The van der Waals surface area contributed by atoms with Crippen LogP contribution >= 0.6 is 0 Å². The maximum atomic E-state index is 11.2. The van der Waals surface area contributed by atoms with E-state index in [1.807, 2.05) is 6.92 Å². The number of rotatable bonds is 6. The van der Waals surface area contributed by atoms with Crippen LogP contribution in [-0.2, 0) is 10.0 Å². The predicted octanol–water partition coefficient (Wildman–Crippen LogP) is -0.968. The highest BCUT2D eigenvalue weighted by atomic mass is 32.2. The molecule has 1 aromatic heterocycles. The van der Waals surface area contributed by atoms with Gasteiger partial charge in [-0.25, -0.2) is 24.0 Å². The summed E-state index contributed by atoms with van der Waals surface area (Å²) in [6, 6.07) is 0. The van der Waals surface area contributed by atoms with Crippen LogP contribution in [0.3, 0.4) is 0 Å². The summed E-state index contributed by atoms with van der Waals surface area (Å²) in [5, 5.41) is 2.91. The minimum Gasteiger partial charge on any atom is -0.369 e. The van der Waals surface area contributed by atoms with Crippen molar-refractivity contribution in [1.29, 1.82) is 0 Å². The zero-order chi connectivity index (χ0) is 12.9. The molecule has 0 bridgehead atoms. The Balaban J connectivity index is 2.63. The summed E-state index contributed by atoms with van der Waals surface area (Å²) in [6.07, 6.45) is 1.59. The lowest BCUT2D eigenvalue weighted by molar-refractivity contribution is 0.588. The Morgan fingerprint density at radius 1 is 1.47 bits per heavy atom. The number of hydrogen-bond donors (Lipinski definition) is 4. The Labute approximate surface area is 100 Å². The lowest BCUT2D eigenvalue weighted by Crippen LogP contribution is -2.26. The first-order valence-corrected chi connectivity index (χ1v) is 6.59. The van der Waals surface area contributed by atoms with Gasteiger partial charge in [0.1, 0.15) is 5.82 Å². The third-order valence-electron chi connectivity index (χ3n) is 2.08. The maximum absolute atomic E-state index is 11.2. The van der Waals surface area contributed by atoms with Gasteiger partial charge in [0.2, 0.25) is 16.0 Å².